The summed E-state index contributed by atoms with van der Waals surface area (Å²) in [5.41, 5.74) is 2.15. The van der Waals surface area contributed by atoms with E-state index < -0.39 is 5.38 Å². The van der Waals surface area contributed by atoms with Gasteiger partial charge in [-0.1, -0.05) is 84.1 Å². The van der Waals surface area contributed by atoms with Crippen molar-refractivity contribution in [3.63, 3.8) is 0 Å². The monoisotopic (exact) mass is 458 g/mol. The topological polar surface area (TPSA) is 35.5 Å². The first kappa shape index (κ1) is 26.3. The van der Waals surface area contributed by atoms with Crippen molar-refractivity contribution in [3.8, 4) is 22.6 Å². The molecule has 0 amide bonds. The Balaban J connectivity index is 1.83. The lowest BCUT2D eigenvalue weighted by atomic mass is 9.97. The van der Waals surface area contributed by atoms with Gasteiger partial charge in [-0.15, -0.1) is 11.6 Å². The Morgan fingerprint density at radius 3 is 1.97 bits per heavy atom. The van der Waals surface area contributed by atoms with Crippen LogP contribution in [0.5, 0.6) is 11.5 Å². The number of rotatable bonds is 14. The summed E-state index contributed by atoms with van der Waals surface area (Å²) in [4.78, 5) is 12.4. The van der Waals surface area contributed by atoms with E-state index in [-0.39, 0.29) is 11.9 Å². The van der Waals surface area contributed by atoms with E-state index >= 15 is 0 Å². The fourth-order valence-corrected chi connectivity index (χ4v) is 3.75. The van der Waals surface area contributed by atoms with Crippen molar-refractivity contribution < 1.29 is 14.3 Å². The number of carbonyl (C=O) groups excluding carboxylic acids is 1. The minimum absolute atomic E-state index is 0.0922. The van der Waals surface area contributed by atoms with E-state index in [1.807, 2.05) is 43.3 Å². The number of unbranched alkanes of at least 4 members (excludes halogenated alkanes) is 3. The summed E-state index contributed by atoms with van der Waals surface area (Å²) in [5.74, 6) is 1.80. The molecule has 0 aromatic heterocycles. The largest absolute Gasteiger partial charge is 0.494 e. The van der Waals surface area contributed by atoms with Gasteiger partial charge >= 0.3 is 5.97 Å². The molecule has 3 nitrogen and oxygen atoms in total. The van der Waals surface area contributed by atoms with Gasteiger partial charge in [0.15, 0.2) is 0 Å². The summed E-state index contributed by atoms with van der Waals surface area (Å²) in [6, 6.07) is 15.7. The lowest BCUT2D eigenvalue weighted by Crippen LogP contribution is -2.27. The molecule has 2 unspecified atom stereocenters. The number of benzene rings is 2. The highest BCUT2D eigenvalue weighted by molar-refractivity contribution is 6.30. The van der Waals surface area contributed by atoms with Crippen molar-refractivity contribution in [1.29, 1.82) is 0 Å². The minimum Gasteiger partial charge on any atom is -0.494 e. The third kappa shape index (κ3) is 9.24. The molecule has 2 atom stereocenters. The second-order valence-corrected chi connectivity index (χ2v) is 9.55. The number of alkyl halides is 1. The van der Waals surface area contributed by atoms with Crippen LogP contribution >= 0.6 is 11.6 Å². The number of hydrogen-bond acceptors (Lipinski definition) is 3. The molecule has 176 valence electrons. The Bertz CT molecular complexity index is 783. The van der Waals surface area contributed by atoms with Crippen molar-refractivity contribution in [2.75, 3.05) is 6.61 Å². The van der Waals surface area contributed by atoms with Crippen molar-refractivity contribution in [3.05, 3.63) is 48.5 Å². The molecule has 0 aliphatic rings. The minimum atomic E-state index is -0.628. The van der Waals surface area contributed by atoms with E-state index in [2.05, 4.69) is 32.9 Å². The average molecular weight is 459 g/mol. The highest BCUT2D eigenvalue weighted by Crippen LogP contribution is 2.26. The second kappa shape index (κ2) is 14.2. The molecule has 0 spiro atoms. The SMILES string of the molecule is CCCCCCOc1ccc(-c2ccc(OC(=O)C(Cl)C(C)CCCC(C)C)cc2)cc1. The molecule has 0 bridgehead atoms. The zero-order valence-electron chi connectivity index (χ0n) is 20.1. The molecular formula is C28H39ClO3. The molecular weight excluding hydrogens is 420 g/mol. The molecule has 0 aliphatic carbocycles. The smallest absolute Gasteiger partial charge is 0.329 e. The highest BCUT2D eigenvalue weighted by atomic mass is 35.5. The Labute approximate surface area is 199 Å². The highest BCUT2D eigenvalue weighted by Gasteiger charge is 2.24. The van der Waals surface area contributed by atoms with Crippen molar-refractivity contribution in [1.82, 2.24) is 0 Å². The zero-order valence-corrected chi connectivity index (χ0v) is 20.9. The van der Waals surface area contributed by atoms with Gasteiger partial charge in [0.05, 0.1) is 6.61 Å². The molecule has 2 aromatic carbocycles. The molecule has 4 heteroatoms. The molecule has 32 heavy (non-hydrogen) atoms. The molecule has 0 radical (unpaired) electrons. The fourth-order valence-electron chi connectivity index (χ4n) is 3.58. The Hall–Kier alpha value is -2.00. The quantitative estimate of drug-likeness (QED) is 0.123. The van der Waals surface area contributed by atoms with Gasteiger partial charge in [0, 0.05) is 0 Å². The van der Waals surface area contributed by atoms with Crippen LogP contribution in [0, 0.1) is 11.8 Å². The summed E-state index contributed by atoms with van der Waals surface area (Å²) >= 11 is 6.36. The number of ether oxygens (including phenoxy) is 2. The molecule has 0 saturated carbocycles. The van der Waals surface area contributed by atoms with Gasteiger partial charge in [0.2, 0.25) is 0 Å². The first-order valence-corrected chi connectivity index (χ1v) is 12.5. The van der Waals surface area contributed by atoms with Crippen molar-refractivity contribution >= 4 is 17.6 Å². The van der Waals surface area contributed by atoms with Crippen molar-refractivity contribution in [2.24, 2.45) is 11.8 Å². The van der Waals surface area contributed by atoms with Crippen LogP contribution in [0.1, 0.15) is 72.6 Å². The fraction of sp³-hybridized carbons (Fsp3) is 0.536. The molecule has 0 saturated heterocycles. The van der Waals surface area contributed by atoms with E-state index in [1.165, 1.54) is 19.3 Å². The van der Waals surface area contributed by atoms with E-state index in [4.69, 9.17) is 21.1 Å². The molecule has 2 rings (SSSR count). The molecule has 0 heterocycles. The molecule has 0 fully saturated rings. The first-order chi connectivity index (χ1) is 15.4. The van der Waals surface area contributed by atoms with Crippen molar-refractivity contribution in [2.45, 2.75) is 78.0 Å². The Morgan fingerprint density at radius 1 is 0.812 bits per heavy atom. The van der Waals surface area contributed by atoms with E-state index in [0.29, 0.717) is 11.7 Å². The van der Waals surface area contributed by atoms with Gasteiger partial charge in [-0.05, 0) is 60.1 Å². The van der Waals surface area contributed by atoms with Crippen LogP contribution in [0.2, 0.25) is 0 Å². The number of halogens is 1. The van der Waals surface area contributed by atoms with E-state index in [9.17, 15) is 4.79 Å². The Kier molecular flexibility index (Phi) is 11.7. The summed E-state index contributed by atoms with van der Waals surface area (Å²) in [5, 5.41) is -0.628. The van der Waals surface area contributed by atoms with Crippen LogP contribution in [0.15, 0.2) is 48.5 Å². The van der Waals surface area contributed by atoms with Gasteiger partial charge < -0.3 is 9.47 Å². The molecule has 0 N–H and O–H groups in total. The lowest BCUT2D eigenvalue weighted by Gasteiger charge is -2.17. The first-order valence-electron chi connectivity index (χ1n) is 12.1. The maximum absolute atomic E-state index is 12.4. The Morgan fingerprint density at radius 2 is 1.41 bits per heavy atom. The van der Waals surface area contributed by atoms with Gasteiger partial charge in [-0.25, -0.2) is 0 Å². The second-order valence-electron chi connectivity index (χ2n) is 9.08. The molecule has 0 aliphatic heterocycles. The van der Waals surface area contributed by atoms with Gasteiger partial charge in [-0.2, -0.15) is 0 Å². The van der Waals surface area contributed by atoms with Crippen LogP contribution in [-0.2, 0) is 4.79 Å². The maximum atomic E-state index is 12.4. The predicted octanol–water partition coefficient (Wildman–Crippen LogP) is 8.29. The standard InChI is InChI=1S/C28H39ClO3/c1-5-6-7-8-20-31-25-16-12-23(13-17-25)24-14-18-26(19-15-24)32-28(30)27(29)22(4)11-9-10-21(2)3/h12-19,21-22,27H,5-11,20H2,1-4H3. The van der Waals surface area contributed by atoms with Gasteiger partial charge in [0.1, 0.15) is 16.9 Å². The normalized spacial score (nSPS) is 13.1. The number of carbonyl (C=O) groups is 1. The van der Waals surface area contributed by atoms with Crippen LogP contribution in [0.25, 0.3) is 11.1 Å². The van der Waals surface area contributed by atoms with Gasteiger partial charge in [-0.3, -0.25) is 4.79 Å². The summed E-state index contributed by atoms with van der Waals surface area (Å²) in [7, 11) is 0. The predicted molar refractivity (Wildman–Crippen MR) is 135 cm³/mol. The van der Waals surface area contributed by atoms with Crippen LogP contribution < -0.4 is 9.47 Å². The summed E-state index contributed by atoms with van der Waals surface area (Å²) in [6.45, 7) is 9.40. The van der Waals surface area contributed by atoms with Crippen LogP contribution in [-0.4, -0.2) is 18.0 Å². The average Bonchev–Trinajstić information content (AvgIpc) is 2.79. The maximum Gasteiger partial charge on any atom is 0.329 e. The van der Waals surface area contributed by atoms with E-state index in [1.54, 1.807) is 0 Å². The lowest BCUT2D eigenvalue weighted by molar-refractivity contribution is -0.134. The van der Waals surface area contributed by atoms with E-state index in [0.717, 1.165) is 49.2 Å². The molecule has 2 aromatic rings. The zero-order chi connectivity index (χ0) is 23.3. The number of hydrogen-bond donors (Lipinski definition) is 0. The summed E-state index contributed by atoms with van der Waals surface area (Å²) in [6.07, 6.45) is 7.96. The van der Waals surface area contributed by atoms with Crippen LogP contribution in [0.3, 0.4) is 0 Å². The number of esters is 1. The van der Waals surface area contributed by atoms with Crippen LogP contribution in [0.4, 0.5) is 0 Å². The summed E-state index contributed by atoms with van der Waals surface area (Å²) < 4.78 is 11.3. The van der Waals surface area contributed by atoms with Gasteiger partial charge in [0.25, 0.3) is 0 Å². The third-order valence-electron chi connectivity index (χ3n) is 5.69. The third-order valence-corrected chi connectivity index (χ3v) is 6.30.